The first-order valence-electron chi connectivity index (χ1n) is 12.2. The van der Waals surface area contributed by atoms with E-state index in [4.69, 9.17) is 14.2 Å². The monoisotopic (exact) mass is 491 g/mol. The van der Waals surface area contributed by atoms with Crippen molar-refractivity contribution < 1.29 is 14.2 Å². The van der Waals surface area contributed by atoms with Gasteiger partial charge in [-0.15, -0.1) is 10.2 Å². The standard InChI is InChI=1S/C28H33N3O3S/c1-18(2)34-26-11-8-20(16-21(26)17-29)27-30-31-28(35-27)25-7-5-6-23-22(9-10-24(23)25)19(12-14-32-3)13-15-33-4/h5-8,11,16,18-19,22H,9-10,12-15H2,1-4H3/t22-/m1/s1. The molecule has 0 fully saturated rings. The number of fused-ring (bicyclic) bond motifs is 1. The molecule has 0 amide bonds. The summed E-state index contributed by atoms with van der Waals surface area (Å²) in [6.45, 7) is 5.44. The van der Waals surface area contributed by atoms with Gasteiger partial charge in [-0.1, -0.05) is 29.5 Å². The third-order valence-electron chi connectivity index (χ3n) is 6.64. The fourth-order valence-electron chi connectivity index (χ4n) is 5.02. The molecule has 0 N–H and O–H groups in total. The summed E-state index contributed by atoms with van der Waals surface area (Å²) in [5.41, 5.74) is 5.38. The maximum Gasteiger partial charge on any atom is 0.148 e. The van der Waals surface area contributed by atoms with E-state index < -0.39 is 0 Å². The molecule has 0 saturated heterocycles. The van der Waals surface area contributed by atoms with Gasteiger partial charge in [0.15, 0.2) is 0 Å². The summed E-state index contributed by atoms with van der Waals surface area (Å²) >= 11 is 1.57. The zero-order chi connectivity index (χ0) is 24.8. The molecule has 0 saturated carbocycles. The lowest BCUT2D eigenvalue weighted by molar-refractivity contribution is 0.137. The van der Waals surface area contributed by atoms with Crippen LogP contribution in [0.4, 0.5) is 0 Å². The number of hydrogen-bond acceptors (Lipinski definition) is 7. The molecule has 1 heterocycles. The summed E-state index contributed by atoms with van der Waals surface area (Å²) in [4.78, 5) is 0. The van der Waals surface area contributed by atoms with E-state index in [1.54, 1.807) is 25.6 Å². The Labute approximate surface area is 211 Å². The fraction of sp³-hybridized carbons (Fsp3) is 0.464. The van der Waals surface area contributed by atoms with E-state index in [1.165, 1.54) is 16.7 Å². The number of rotatable bonds is 11. The lowest BCUT2D eigenvalue weighted by Crippen LogP contribution is -2.15. The topological polar surface area (TPSA) is 77.3 Å². The average molecular weight is 492 g/mol. The van der Waals surface area contributed by atoms with Crippen molar-refractivity contribution in [3.05, 3.63) is 53.1 Å². The van der Waals surface area contributed by atoms with Gasteiger partial charge >= 0.3 is 0 Å². The Morgan fingerprint density at radius 2 is 1.80 bits per heavy atom. The van der Waals surface area contributed by atoms with E-state index in [-0.39, 0.29) is 6.10 Å². The molecule has 184 valence electrons. The number of ether oxygens (including phenoxy) is 3. The minimum Gasteiger partial charge on any atom is -0.490 e. The van der Waals surface area contributed by atoms with Crippen LogP contribution in [-0.2, 0) is 15.9 Å². The van der Waals surface area contributed by atoms with Gasteiger partial charge in [0, 0.05) is 38.6 Å². The van der Waals surface area contributed by atoms with Crippen LogP contribution in [0, 0.1) is 17.2 Å². The van der Waals surface area contributed by atoms with E-state index in [0.717, 1.165) is 54.5 Å². The molecule has 35 heavy (non-hydrogen) atoms. The molecule has 3 aromatic rings. The van der Waals surface area contributed by atoms with Gasteiger partial charge in [-0.3, -0.25) is 0 Å². The normalized spacial score (nSPS) is 14.9. The summed E-state index contributed by atoms with van der Waals surface area (Å²) in [6.07, 6.45) is 4.26. The molecule has 4 rings (SSSR count). The molecule has 0 unspecified atom stereocenters. The van der Waals surface area contributed by atoms with Crippen LogP contribution in [0.5, 0.6) is 5.75 Å². The third kappa shape index (κ3) is 5.72. The summed E-state index contributed by atoms with van der Waals surface area (Å²) < 4.78 is 16.5. The predicted octanol–water partition coefficient (Wildman–Crippen LogP) is 6.25. The molecule has 1 aliphatic carbocycles. The third-order valence-corrected chi connectivity index (χ3v) is 7.64. The minimum absolute atomic E-state index is 0.00804. The highest BCUT2D eigenvalue weighted by atomic mass is 32.1. The Kier molecular flexibility index (Phi) is 8.50. The second kappa shape index (κ2) is 11.8. The number of methoxy groups -OCH3 is 2. The SMILES string of the molecule is COCCC(CCOC)[C@H]1CCc2c(-c3nnc(-c4ccc(OC(C)C)c(C#N)c4)s3)cccc21. The lowest BCUT2D eigenvalue weighted by Gasteiger charge is -2.24. The highest BCUT2D eigenvalue weighted by molar-refractivity contribution is 7.17. The Bertz CT molecular complexity index is 1180. The summed E-state index contributed by atoms with van der Waals surface area (Å²) in [5, 5.41) is 20.3. The molecule has 6 nitrogen and oxygen atoms in total. The van der Waals surface area contributed by atoms with E-state index in [2.05, 4.69) is 34.5 Å². The zero-order valence-corrected chi connectivity index (χ0v) is 21.7. The zero-order valence-electron chi connectivity index (χ0n) is 20.9. The fourth-order valence-corrected chi connectivity index (χ4v) is 5.91. The molecule has 0 aliphatic heterocycles. The van der Waals surface area contributed by atoms with Gasteiger partial charge in [-0.05, 0) is 80.7 Å². The highest BCUT2D eigenvalue weighted by Crippen LogP contribution is 2.45. The van der Waals surface area contributed by atoms with E-state index in [1.807, 2.05) is 32.0 Å². The molecule has 1 aliphatic rings. The minimum atomic E-state index is 0.00804. The summed E-state index contributed by atoms with van der Waals surface area (Å²) in [5.74, 6) is 1.64. The molecule has 1 atom stereocenters. The molecule has 7 heteroatoms. The van der Waals surface area contributed by atoms with Gasteiger partial charge in [0.2, 0.25) is 0 Å². The van der Waals surface area contributed by atoms with Crippen molar-refractivity contribution >= 4 is 11.3 Å². The Morgan fingerprint density at radius 1 is 1.06 bits per heavy atom. The van der Waals surface area contributed by atoms with E-state index in [0.29, 0.717) is 23.1 Å². The van der Waals surface area contributed by atoms with Gasteiger partial charge < -0.3 is 14.2 Å². The highest BCUT2D eigenvalue weighted by Gasteiger charge is 2.31. The predicted molar refractivity (Wildman–Crippen MR) is 139 cm³/mol. The van der Waals surface area contributed by atoms with Crippen LogP contribution in [-0.4, -0.2) is 43.7 Å². The van der Waals surface area contributed by atoms with Crippen LogP contribution in [0.2, 0.25) is 0 Å². The van der Waals surface area contributed by atoms with Crippen molar-refractivity contribution in [3.8, 4) is 33.0 Å². The van der Waals surface area contributed by atoms with Gasteiger partial charge in [-0.25, -0.2) is 0 Å². The van der Waals surface area contributed by atoms with Crippen molar-refractivity contribution in [2.75, 3.05) is 27.4 Å². The molecule has 1 aromatic heterocycles. The largest absolute Gasteiger partial charge is 0.490 e. The van der Waals surface area contributed by atoms with Gasteiger partial charge in [0.05, 0.1) is 11.7 Å². The van der Waals surface area contributed by atoms with Crippen LogP contribution >= 0.6 is 11.3 Å². The van der Waals surface area contributed by atoms with Crippen molar-refractivity contribution in [2.24, 2.45) is 5.92 Å². The molecule has 0 radical (unpaired) electrons. The quantitative estimate of drug-likeness (QED) is 0.315. The number of nitriles is 1. The molecular formula is C28H33N3O3S. The first-order valence-corrected chi connectivity index (χ1v) is 13.0. The van der Waals surface area contributed by atoms with Crippen molar-refractivity contribution in [1.29, 1.82) is 5.26 Å². The lowest BCUT2D eigenvalue weighted by atomic mass is 9.83. The summed E-state index contributed by atoms with van der Waals surface area (Å²) in [7, 11) is 3.54. The first-order chi connectivity index (χ1) is 17.0. The average Bonchev–Trinajstić information content (AvgIpc) is 3.52. The number of nitrogens with zero attached hydrogens (tertiary/aromatic N) is 3. The maximum atomic E-state index is 9.59. The Hall–Kier alpha value is -2.79. The second-order valence-corrected chi connectivity index (χ2v) is 10.2. The molecule has 2 aromatic carbocycles. The number of hydrogen-bond donors (Lipinski definition) is 0. The molecule has 0 spiro atoms. The smallest absolute Gasteiger partial charge is 0.148 e. The van der Waals surface area contributed by atoms with E-state index >= 15 is 0 Å². The van der Waals surface area contributed by atoms with Crippen molar-refractivity contribution in [1.82, 2.24) is 10.2 Å². The number of aromatic nitrogens is 2. The Morgan fingerprint density at radius 3 is 2.49 bits per heavy atom. The molecule has 0 bridgehead atoms. The van der Waals surface area contributed by atoms with Crippen LogP contribution < -0.4 is 4.74 Å². The van der Waals surface area contributed by atoms with Gasteiger partial charge in [0.25, 0.3) is 0 Å². The van der Waals surface area contributed by atoms with Crippen LogP contribution in [0.25, 0.3) is 21.1 Å². The van der Waals surface area contributed by atoms with Gasteiger partial charge in [-0.2, -0.15) is 5.26 Å². The van der Waals surface area contributed by atoms with E-state index in [9.17, 15) is 5.26 Å². The maximum absolute atomic E-state index is 9.59. The van der Waals surface area contributed by atoms with Crippen molar-refractivity contribution in [3.63, 3.8) is 0 Å². The van der Waals surface area contributed by atoms with Crippen LogP contribution in [0.15, 0.2) is 36.4 Å². The van der Waals surface area contributed by atoms with Gasteiger partial charge in [0.1, 0.15) is 21.8 Å². The first kappa shape index (κ1) is 25.3. The van der Waals surface area contributed by atoms with Crippen LogP contribution in [0.1, 0.15) is 55.7 Å². The van der Waals surface area contributed by atoms with Crippen LogP contribution in [0.3, 0.4) is 0 Å². The van der Waals surface area contributed by atoms with Crippen molar-refractivity contribution in [2.45, 2.75) is 51.6 Å². The second-order valence-electron chi connectivity index (χ2n) is 9.24. The number of benzene rings is 2. The molecular weight excluding hydrogens is 458 g/mol. The Balaban J connectivity index is 1.61. The summed E-state index contributed by atoms with van der Waals surface area (Å²) in [6, 6.07) is 14.4.